The lowest BCUT2D eigenvalue weighted by Crippen LogP contribution is -2.29. The van der Waals surface area contributed by atoms with Crippen LogP contribution in [0.4, 0.5) is 5.82 Å². The van der Waals surface area contributed by atoms with Gasteiger partial charge < -0.3 is 15.2 Å². The molecule has 2 N–H and O–H groups in total. The third kappa shape index (κ3) is 4.35. The molecule has 0 radical (unpaired) electrons. The summed E-state index contributed by atoms with van der Waals surface area (Å²) >= 11 is 0. The molecule has 7 nitrogen and oxygen atoms in total. The van der Waals surface area contributed by atoms with Gasteiger partial charge in [0.2, 0.25) is 5.91 Å². The van der Waals surface area contributed by atoms with Crippen molar-refractivity contribution in [3.8, 4) is 11.1 Å². The van der Waals surface area contributed by atoms with Crippen LogP contribution in [0.25, 0.3) is 11.1 Å². The van der Waals surface area contributed by atoms with Crippen LogP contribution in [0.15, 0.2) is 42.9 Å². The Balaban J connectivity index is 1.42. The molecule has 0 unspecified atom stereocenters. The predicted molar refractivity (Wildman–Crippen MR) is 117 cm³/mol. The SMILES string of the molecule is CCc1nccn1CCC(=O)N1CC[C@@H](c2cc(-c3ccc(N)nc3)cc(C)n2)C1. The van der Waals surface area contributed by atoms with E-state index in [2.05, 4.69) is 33.6 Å². The minimum atomic E-state index is 0.198. The molecular weight excluding hydrogens is 376 g/mol. The van der Waals surface area contributed by atoms with E-state index in [0.717, 1.165) is 54.3 Å². The summed E-state index contributed by atoms with van der Waals surface area (Å²) in [6, 6.07) is 7.97. The van der Waals surface area contributed by atoms with Crippen molar-refractivity contribution in [2.45, 2.75) is 45.6 Å². The van der Waals surface area contributed by atoms with Crippen molar-refractivity contribution in [3.63, 3.8) is 0 Å². The first-order chi connectivity index (χ1) is 14.5. The smallest absolute Gasteiger partial charge is 0.224 e. The maximum absolute atomic E-state index is 12.8. The fourth-order valence-corrected chi connectivity index (χ4v) is 4.11. The zero-order chi connectivity index (χ0) is 21.1. The number of hydrogen-bond donors (Lipinski definition) is 1. The summed E-state index contributed by atoms with van der Waals surface area (Å²) in [5.74, 6) is 1.99. The first-order valence-electron chi connectivity index (χ1n) is 10.5. The number of rotatable bonds is 6. The van der Waals surface area contributed by atoms with Crippen molar-refractivity contribution in [3.05, 3.63) is 60.1 Å². The number of nitrogens with two attached hydrogens (primary N) is 1. The van der Waals surface area contributed by atoms with Gasteiger partial charge in [0, 0.05) is 73.9 Å². The Hall–Kier alpha value is -3.22. The summed E-state index contributed by atoms with van der Waals surface area (Å²) in [5.41, 5.74) is 9.83. The van der Waals surface area contributed by atoms with E-state index < -0.39 is 0 Å². The zero-order valence-corrected chi connectivity index (χ0v) is 17.6. The molecule has 1 aliphatic rings. The Bertz CT molecular complexity index is 1030. The van der Waals surface area contributed by atoms with E-state index in [9.17, 15) is 4.79 Å². The van der Waals surface area contributed by atoms with Gasteiger partial charge in [-0.15, -0.1) is 0 Å². The molecule has 4 heterocycles. The normalized spacial score (nSPS) is 16.2. The lowest BCUT2D eigenvalue weighted by molar-refractivity contribution is -0.130. The molecule has 0 spiro atoms. The minimum Gasteiger partial charge on any atom is -0.384 e. The van der Waals surface area contributed by atoms with Crippen LogP contribution in [0, 0.1) is 6.92 Å². The first-order valence-corrected chi connectivity index (χ1v) is 10.5. The van der Waals surface area contributed by atoms with E-state index in [0.29, 0.717) is 18.8 Å². The number of amides is 1. The van der Waals surface area contributed by atoms with E-state index in [1.165, 1.54) is 0 Å². The topological polar surface area (TPSA) is 89.9 Å². The van der Waals surface area contributed by atoms with Gasteiger partial charge in [-0.05, 0) is 43.2 Å². The molecular formula is C23H28N6O. The highest BCUT2D eigenvalue weighted by atomic mass is 16.2. The number of aromatic nitrogens is 4. The van der Waals surface area contributed by atoms with Gasteiger partial charge >= 0.3 is 0 Å². The maximum atomic E-state index is 12.8. The standard InChI is InChI=1S/C23H28N6O/c1-3-22-25-8-11-28(22)10-7-23(30)29-9-6-18(15-29)20-13-19(12-16(2)27-20)17-4-5-21(24)26-14-17/h4-5,8,11-14,18H,3,6-7,9-10,15H2,1-2H3,(H2,24,26)/t18-/m1/s1. The van der Waals surface area contributed by atoms with Crippen molar-refractivity contribution < 1.29 is 4.79 Å². The minimum absolute atomic E-state index is 0.198. The molecule has 1 amide bonds. The van der Waals surface area contributed by atoms with E-state index in [1.54, 1.807) is 12.4 Å². The molecule has 1 fully saturated rings. The number of hydrogen-bond acceptors (Lipinski definition) is 5. The molecule has 3 aromatic heterocycles. The first kappa shape index (κ1) is 20.1. The van der Waals surface area contributed by atoms with Gasteiger partial charge in [0.1, 0.15) is 11.6 Å². The number of nitrogen functional groups attached to an aromatic ring is 1. The molecule has 1 saturated heterocycles. The summed E-state index contributed by atoms with van der Waals surface area (Å²) in [6.45, 7) is 6.27. The van der Waals surface area contributed by atoms with Gasteiger partial charge in [0.15, 0.2) is 0 Å². The highest BCUT2D eigenvalue weighted by Crippen LogP contribution is 2.30. The van der Waals surface area contributed by atoms with Crippen LogP contribution in [-0.4, -0.2) is 43.4 Å². The maximum Gasteiger partial charge on any atom is 0.224 e. The summed E-state index contributed by atoms with van der Waals surface area (Å²) in [4.78, 5) is 28.0. The van der Waals surface area contributed by atoms with Crippen LogP contribution < -0.4 is 5.73 Å². The number of pyridine rings is 2. The third-order valence-corrected chi connectivity index (χ3v) is 5.74. The lowest BCUT2D eigenvalue weighted by atomic mass is 9.99. The predicted octanol–water partition coefficient (Wildman–Crippen LogP) is 3.20. The van der Waals surface area contributed by atoms with Crippen molar-refractivity contribution >= 4 is 11.7 Å². The molecule has 0 aromatic carbocycles. The second kappa shape index (κ2) is 8.65. The summed E-state index contributed by atoms with van der Waals surface area (Å²) < 4.78 is 2.07. The van der Waals surface area contributed by atoms with Crippen LogP contribution in [0.2, 0.25) is 0 Å². The van der Waals surface area contributed by atoms with E-state index in [1.807, 2.05) is 30.2 Å². The van der Waals surface area contributed by atoms with Gasteiger partial charge in [-0.2, -0.15) is 0 Å². The average molecular weight is 405 g/mol. The second-order valence-electron chi connectivity index (χ2n) is 7.86. The number of likely N-dealkylation sites (tertiary alicyclic amines) is 1. The van der Waals surface area contributed by atoms with Gasteiger partial charge in [-0.3, -0.25) is 9.78 Å². The van der Waals surface area contributed by atoms with E-state index >= 15 is 0 Å². The average Bonchev–Trinajstić information content (AvgIpc) is 3.41. The molecule has 7 heteroatoms. The molecule has 1 atom stereocenters. The summed E-state index contributed by atoms with van der Waals surface area (Å²) in [5, 5.41) is 0. The number of carbonyl (C=O) groups is 1. The molecule has 30 heavy (non-hydrogen) atoms. The summed E-state index contributed by atoms with van der Waals surface area (Å²) in [7, 11) is 0. The third-order valence-electron chi connectivity index (χ3n) is 5.74. The van der Waals surface area contributed by atoms with Crippen molar-refractivity contribution in [1.29, 1.82) is 0 Å². The molecule has 0 bridgehead atoms. The number of imidazole rings is 1. The molecule has 0 aliphatic carbocycles. The van der Waals surface area contributed by atoms with Gasteiger partial charge in [0.05, 0.1) is 0 Å². The Kier molecular flexibility index (Phi) is 5.79. The van der Waals surface area contributed by atoms with Crippen LogP contribution in [0.5, 0.6) is 0 Å². The molecule has 4 rings (SSSR count). The Morgan fingerprint density at radius 1 is 1.23 bits per heavy atom. The largest absolute Gasteiger partial charge is 0.384 e. The van der Waals surface area contributed by atoms with E-state index in [-0.39, 0.29) is 11.8 Å². The number of aryl methyl sites for hydroxylation is 3. The Morgan fingerprint density at radius 2 is 2.10 bits per heavy atom. The fraction of sp³-hybridized carbons (Fsp3) is 0.391. The fourth-order valence-electron chi connectivity index (χ4n) is 4.11. The van der Waals surface area contributed by atoms with Gasteiger partial charge in [-0.25, -0.2) is 9.97 Å². The highest BCUT2D eigenvalue weighted by molar-refractivity contribution is 5.76. The molecule has 156 valence electrons. The van der Waals surface area contributed by atoms with Crippen molar-refractivity contribution in [2.75, 3.05) is 18.8 Å². The molecule has 0 saturated carbocycles. The molecule has 3 aromatic rings. The van der Waals surface area contributed by atoms with Gasteiger partial charge in [0.25, 0.3) is 0 Å². The monoisotopic (exact) mass is 404 g/mol. The number of anilines is 1. The quantitative estimate of drug-likeness (QED) is 0.681. The molecule has 1 aliphatic heterocycles. The zero-order valence-electron chi connectivity index (χ0n) is 17.6. The number of carbonyl (C=O) groups excluding carboxylic acids is 1. The Morgan fingerprint density at radius 3 is 2.87 bits per heavy atom. The van der Waals surface area contributed by atoms with Crippen molar-refractivity contribution in [2.24, 2.45) is 0 Å². The van der Waals surface area contributed by atoms with Crippen LogP contribution in [0.3, 0.4) is 0 Å². The number of nitrogens with zero attached hydrogens (tertiary/aromatic N) is 5. The summed E-state index contributed by atoms with van der Waals surface area (Å²) in [6.07, 6.45) is 7.85. The van der Waals surface area contributed by atoms with Crippen molar-refractivity contribution in [1.82, 2.24) is 24.4 Å². The Labute approximate surface area is 177 Å². The van der Waals surface area contributed by atoms with Gasteiger partial charge in [-0.1, -0.05) is 6.92 Å². The second-order valence-corrected chi connectivity index (χ2v) is 7.86. The van der Waals surface area contributed by atoms with E-state index in [4.69, 9.17) is 10.7 Å². The lowest BCUT2D eigenvalue weighted by Gasteiger charge is -2.17. The van der Waals surface area contributed by atoms with Crippen LogP contribution >= 0.6 is 0 Å². The van der Waals surface area contributed by atoms with Crippen LogP contribution in [0.1, 0.15) is 42.9 Å². The van der Waals surface area contributed by atoms with Crippen LogP contribution in [-0.2, 0) is 17.8 Å². The highest BCUT2D eigenvalue weighted by Gasteiger charge is 2.28.